The smallest absolute Gasteiger partial charge is 0.353 e. The third kappa shape index (κ3) is 4.11. The predicted octanol–water partition coefficient (Wildman–Crippen LogP) is 2.43. The molecule has 2 rings (SSSR count). The van der Waals surface area contributed by atoms with Gasteiger partial charge < -0.3 is 15.2 Å². The van der Waals surface area contributed by atoms with Crippen molar-refractivity contribution < 1.29 is 19.4 Å². The number of benzene rings is 1. The quantitative estimate of drug-likeness (QED) is 0.781. The summed E-state index contributed by atoms with van der Waals surface area (Å²) in [7, 11) is 0. The van der Waals surface area contributed by atoms with E-state index in [9.17, 15) is 9.59 Å². The summed E-state index contributed by atoms with van der Waals surface area (Å²) in [5, 5.41) is 17.7. The Kier molecular flexibility index (Phi) is 4.66. The summed E-state index contributed by atoms with van der Waals surface area (Å²) < 4.78 is 5.22. The maximum atomic E-state index is 11.6. The molecule has 1 amide bonds. The number of rotatable bonds is 5. The van der Waals surface area contributed by atoms with Crippen molar-refractivity contribution in [3.8, 4) is 5.75 Å². The number of nitrogens with zero attached hydrogens (tertiary/aromatic N) is 1. The van der Waals surface area contributed by atoms with Crippen LogP contribution in [-0.2, 0) is 4.79 Å². The first kappa shape index (κ1) is 15.1. The van der Waals surface area contributed by atoms with Gasteiger partial charge in [0, 0.05) is 17.2 Å². The number of aromatic nitrogens is 2. The van der Waals surface area contributed by atoms with Crippen LogP contribution in [0.1, 0.15) is 10.5 Å². The molecule has 21 heavy (non-hydrogen) atoms. The van der Waals surface area contributed by atoms with Gasteiger partial charge in [-0.15, -0.1) is 0 Å². The van der Waals surface area contributed by atoms with Gasteiger partial charge >= 0.3 is 5.97 Å². The second kappa shape index (κ2) is 6.47. The Labute approximate surface area is 128 Å². The van der Waals surface area contributed by atoms with Crippen LogP contribution in [0.25, 0.3) is 0 Å². The van der Waals surface area contributed by atoms with E-state index in [1.165, 1.54) is 12.1 Å². The van der Waals surface area contributed by atoms with Gasteiger partial charge in [-0.3, -0.25) is 9.89 Å². The van der Waals surface area contributed by atoms with Crippen LogP contribution in [0.5, 0.6) is 5.75 Å². The lowest BCUT2D eigenvalue weighted by molar-refractivity contribution is -0.118. The minimum Gasteiger partial charge on any atom is -0.482 e. The van der Waals surface area contributed by atoms with Crippen molar-refractivity contribution in [1.29, 1.82) is 0 Å². The number of ether oxygens (including phenoxy) is 1. The van der Waals surface area contributed by atoms with Gasteiger partial charge in [0.05, 0.1) is 5.02 Å². The predicted molar refractivity (Wildman–Crippen MR) is 76.1 cm³/mol. The number of anilines is 1. The average molecular weight is 330 g/mol. The Morgan fingerprint density at radius 3 is 2.76 bits per heavy atom. The lowest BCUT2D eigenvalue weighted by Gasteiger charge is -2.07. The van der Waals surface area contributed by atoms with Crippen LogP contribution < -0.4 is 10.1 Å². The standard InChI is InChI=1S/C12H9Cl2N3O4/c13-6-1-2-7(14)9(3-6)21-5-11(18)15-10-4-8(12(19)20)16-17-10/h1-4H,5H2,(H,19,20)(H2,15,16,17,18). The van der Waals surface area contributed by atoms with Gasteiger partial charge in [-0.1, -0.05) is 23.2 Å². The zero-order valence-electron chi connectivity index (χ0n) is 10.4. The second-order valence-electron chi connectivity index (χ2n) is 3.88. The highest BCUT2D eigenvalue weighted by molar-refractivity contribution is 6.34. The summed E-state index contributed by atoms with van der Waals surface area (Å²) in [5.74, 6) is -1.34. The number of nitrogens with one attached hydrogen (secondary N) is 2. The van der Waals surface area contributed by atoms with Gasteiger partial charge in [-0.05, 0) is 12.1 Å². The molecule has 1 heterocycles. The number of aromatic amines is 1. The molecular formula is C12H9Cl2N3O4. The Hall–Kier alpha value is -2.25. The highest BCUT2D eigenvalue weighted by Gasteiger charge is 2.11. The number of aromatic carboxylic acids is 1. The van der Waals surface area contributed by atoms with E-state index in [1.807, 2.05) is 0 Å². The van der Waals surface area contributed by atoms with E-state index in [0.717, 1.165) is 0 Å². The fourth-order valence-corrected chi connectivity index (χ4v) is 1.74. The molecule has 110 valence electrons. The molecule has 0 bridgehead atoms. The summed E-state index contributed by atoms with van der Waals surface area (Å²) >= 11 is 11.7. The number of halogens is 2. The van der Waals surface area contributed by atoms with E-state index < -0.39 is 11.9 Å². The molecule has 0 spiro atoms. The molecule has 0 aliphatic carbocycles. The van der Waals surface area contributed by atoms with Crippen LogP contribution in [-0.4, -0.2) is 33.8 Å². The number of hydrogen-bond acceptors (Lipinski definition) is 4. The number of H-pyrrole nitrogens is 1. The summed E-state index contributed by atoms with van der Waals surface area (Å²) in [6.07, 6.45) is 0. The molecule has 0 saturated heterocycles. The van der Waals surface area contributed by atoms with Crippen LogP contribution in [0.4, 0.5) is 5.82 Å². The van der Waals surface area contributed by atoms with Crippen molar-refractivity contribution in [2.24, 2.45) is 0 Å². The third-order valence-corrected chi connectivity index (χ3v) is 2.88. The molecule has 0 unspecified atom stereocenters. The van der Waals surface area contributed by atoms with Crippen LogP contribution in [0, 0.1) is 0 Å². The zero-order valence-corrected chi connectivity index (χ0v) is 11.9. The summed E-state index contributed by atoms with van der Waals surface area (Å²) in [5.41, 5.74) is -0.135. The summed E-state index contributed by atoms with van der Waals surface area (Å²) in [6.45, 7) is -0.324. The van der Waals surface area contributed by atoms with Crippen molar-refractivity contribution in [2.75, 3.05) is 11.9 Å². The number of carboxylic acids is 1. The van der Waals surface area contributed by atoms with Gasteiger partial charge in [0.2, 0.25) is 0 Å². The molecule has 7 nitrogen and oxygen atoms in total. The van der Waals surface area contributed by atoms with E-state index in [0.29, 0.717) is 10.0 Å². The molecule has 2 aromatic rings. The van der Waals surface area contributed by atoms with Gasteiger partial charge in [0.1, 0.15) is 11.4 Å². The maximum absolute atomic E-state index is 11.6. The molecule has 0 fully saturated rings. The van der Waals surface area contributed by atoms with Crippen LogP contribution >= 0.6 is 23.2 Å². The second-order valence-corrected chi connectivity index (χ2v) is 4.73. The lowest BCUT2D eigenvalue weighted by atomic mass is 10.3. The molecule has 3 N–H and O–H groups in total. The largest absolute Gasteiger partial charge is 0.482 e. The molecule has 0 aliphatic heterocycles. The molecule has 0 aliphatic rings. The third-order valence-electron chi connectivity index (χ3n) is 2.33. The molecular weight excluding hydrogens is 321 g/mol. The summed E-state index contributed by atoms with van der Waals surface area (Å²) in [6, 6.07) is 5.80. The number of carbonyl (C=O) groups is 2. The van der Waals surface area contributed by atoms with Crippen LogP contribution in [0.3, 0.4) is 0 Å². The lowest BCUT2D eigenvalue weighted by Crippen LogP contribution is -2.20. The van der Waals surface area contributed by atoms with Gasteiger partial charge in [-0.25, -0.2) is 4.79 Å². The molecule has 1 aromatic heterocycles. The van der Waals surface area contributed by atoms with Crippen molar-refractivity contribution in [2.45, 2.75) is 0 Å². The van der Waals surface area contributed by atoms with Crippen molar-refractivity contribution in [1.82, 2.24) is 10.2 Å². The zero-order chi connectivity index (χ0) is 15.4. The van der Waals surface area contributed by atoms with E-state index in [2.05, 4.69) is 15.5 Å². The molecule has 0 saturated carbocycles. The average Bonchev–Trinajstić information content (AvgIpc) is 2.88. The van der Waals surface area contributed by atoms with E-state index in [-0.39, 0.29) is 23.9 Å². The van der Waals surface area contributed by atoms with E-state index in [4.69, 9.17) is 33.0 Å². The highest BCUT2D eigenvalue weighted by Crippen LogP contribution is 2.27. The van der Waals surface area contributed by atoms with E-state index in [1.54, 1.807) is 12.1 Å². The maximum Gasteiger partial charge on any atom is 0.353 e. The topological polar surface area (TPSA) is 104 Å². The number of amides is 1. The molecule has 1 aromatic carbocycles. The molecule has 0 atom stereocenters. The Balaban J connectivity index is 1.92. The van der Waals surface area contributed by atoms with Gasteiger partial charge in [0.15, 0.2) is 12.4 Å². The van der Waals surface area contributed by atoms with Crippen LogP contribution in [0.15, 0.2) is 24.3 Å². The van der Waals surface area contributed by atoms with Gasteiger partial charge in [-0.2, -0.15) is 5.10 Å². The Morgan fingerprint density at radius 1 is 1.33 bits per heavy atom. The monoisotopic (exact) mass is 329 g/mol. The first-order chi connectivity index (χ1) is 9.95. The van der Waals surface area contributed by atoms with Crippen LogP contribution in [0.2, 0.25) is 10.0 Å². The fraction of sp³-hybridized carbons (Fsp3) is 0.0833. The number of carboxylic acid groups (broad SMARTS) is 1. The van der Waals surface area contributed by atoms with E-state index >= 15 is 0 Å². The minimum absolute atomic E-state index is 0.0817. The molecule has 9 heteroatoms. The fourth-order valence-electron chi connectivity index (χ4n) is 1.41. The Bertz CT molecular complexity index is 687. The minimum atomic E-state index is -1.18. The Morgan fingerprint density at radius 2 is 2.10 bits per heavy atom. The van der Waals surface area contributed by atoms with Crippen molar-refractivity contribution >= 4 is 40.9 Å². The molecule has 0 radical (unpaired) electrons. The summed E-state index contributed by atoms with van der Waals surface area (Å²) in [4.78, 5) is 22.3. The van der Waals surface area contributed by atoms with Gasteiger partial charge in [0.25, 0.3) is 5.91 Å². The van der Waals surface area contributed by atoms with Crippen molar-refractivity contribution in [3.63, 3.8) is 0 Å². The number of carbonyl (C=O) groups excluding carboxylic acids is 1. The SMILES string of the molecule is O=C(COc1cc(Cl)ccc1Cl)Nc1cc(C(=O)O)[nH]n1. The first-order valence-corrected chi connectivity index (χ1v) is 6.37. The first-order valence-electron chi connectivity index (χ1n) is 5.62. The van der Waals surface area contributed by atoms with Crippen molar-refractivity contribution in [3.05, 3.63) is 40.0 Å². The normalized spacial score (nSPS) is 10.2. The number of hydrogen-bond donors (Lipinski definition) is 3. The highest BCUT2D eigenvalue weighted by atomic mass is 35.5.